The maximum atomic E-state index is 13.8. The number of aromatic nitrogens is 4. The molecule has 0 spiro atoms. The van der Waals surface area contributed by atoms with Gasteiger partial charge in [-0.3, -0.25) is 14.6 Å². The second-order valence-electron chi connectivity index (χ2n) is 14.4. The molecule has 0 unspecified atom stereocenters. The number of hydrogen-bond acceptors (Lipinski definition) is 8. The number of imidazole rings is 2. The van der Waals surface area contributed by atoms with Crippen molar-refractivity contribution in [3.8, 4) is 22.5 Å². The van der Waals surface area contributed by atoms with Crippen LogP contribution < -0.4 is 5.43 Å². The Hall–Kier alpha value is -5.91. The fourth-order valence-electron chi connectivity index (χ4n) is 7.16. The Kier molecular flexibility index (Phi) is 8.52. The number of aromatic amines is 2. The van der Waals surface area contributed by atoms with Crippen LogP contribution in [0.4, 0.5) is 9.59 Å². The molecule has 2 aliphatic heterocycles. The molecule has 2 fully saturated rings. The summed E-state index contributed by atoms with van der Waals surface area (Å²) in [6, 6.07) is 20.1. The van der Waals surface area contributed by atoms with Crippen LogP contribution in [0.3, 0.4) is 0 Å². The Morgan fingerprint density at radius 2 is 1.40 bits per heavy atom. The van der Waals surface area contributed by atoms with Gasteiger partial charge in [-0.25, -0.2) is 19.6 Å². The van der Waals surface area contributed by atoms with E-state index in [1.165, 1.54) is 0 Å². The number of benzene rings is 3. The standard InChI is InChI=1S/C40H40N6O6/c1-40(2,3)52-39(49)46-18-8-12-32(46)37-42-22-30(44-37)26-13-15-27-34(20-26)51-33-16-14-25(19-28(33)35(27)47)29-21-41-36(43-29)31-11-7-17-45(31)38(48)50-23-24-9-5-4-6-10-24/h4-6,9-10,13-16,19-22,31-32H,7-8,11-12,17-18,23H2,1-3H3,(H,41,43)(H,42,44)/t31-,32-/m0/s1. The van der Waals surface area contributed by atoms with Crippen molar-refractivity contribution in [1.29, 1.82) is 0 Å². The molecule has 3 aromatic carbocycles. The van der Waals surface area contributed by atoms with Crippen molar-refractivity contribution in [1.82, 2.24) is 29.7 Å². The van der Waals surface area contributed by atoms with Gasteiger partial charge >= 0.3 is 12.2 Å². The fourth-order valence-corrected chi connectivity index (χ4v) is 7.16. The summed E-state index contributed by atoms with van der Waals surface area (Å²) in [6.07, 6.45) is 6.03. The predicted octanol–water partition coefficient (Wildman–Crippen LogP) is 8.27. The zero-order chi connectivity index (χ0) is 36.0. The highest BCUT2D eigenvalue weighted by molar-refractivity contribution is 5.93. The highest BCUT2D eigenvalue weighted by Gasteiger charge is 2.35. The van der Waals surface area contributed by atoms with E-state index in [-0.39, 0.29) is 36.3 Å². The number of fused-ring (bicyclic) bond motifs is 2. The molecule has 3 aromatic heterocycles. The number of carbonyl (C=O) groups is 2. The van der Waals surface area contributed by atoms with E-state index in [2.05, 4.69) is 19.9 Å². The van der Waals surface area contributed by atoms with Crippen LogP contribution in [0.15, 0.2) is 88.3 Å². The van der Waals surface area contributed by atoms with Gasteiger partial charge in [-0.15, -0.1) is 0 Å². The summed E-state index contributed by atoms with van der Waals surface area (Å²) in [6.45, 7) is 6.99. The third-order valence-electron chi connectivity index (χ3n) is 9.69. The number of amides is 2. The lowest BCUT2D eigenvalue weighted by Gasteiger charge is -2.27. The number of ether oxygens (including phenoxy) is 2. The first-order chi connectivity index (χ1) is 25.1. The molecular formula is C40H40N6O6. The van der Waals surface area contributed by atoms with E-state index in [1.54, 1.807) is 34.3 Å². The molecule has 12 nitrogen and oxygen atoms in total. The first-order valence-corrected chi connectivity index (χ1v) is 17.7. The average Bonchev–Trinajstić information content (AvgIpc) is 3.97. The molecule has 5 heterocycles. The van der Waals surface area contributed by atoms with Gasteiger partial charge in [-0.05, 0) is 82.3 Å². The van der Waals surface area contributed by atoms with Crippen LogP contribution in [-0.4, -0.2) is 60.6 Å². The first kappa shape index (κ1) is 33.2. The summed E-state index contributed by atoms with van der Waals surface area (Å²) in [5, 5.41) is 0.911. The molecule has 8 rings (SSSR count). The van der Waals surface area contributed by atoms with Crippen molar-refractivity contribution < 1.29 is 23.5 Å². The smallest absolute Gasteiger partial charge is 0.410 e. The van der Waals surface area contributed by atoms with E-state index in [0.29, 0.717) is 46.7 Å². The van der Waals surface area contributed by atoms with Crippen molar-refractivity contribution in [2.45, 2.75) is 70.7 Å². The first-order valence-electron chi connectivity index (χ1n) is 17.7. The highest BCUT2D eigenvalue weighted by Crippen LogP contribution is 2.35. The minimum Gasteiger partial charge on any atom is -0.456 e. The van der Waals surface area contributed by atoms with E-state index in [1.807, 2.05) is 75.4 Å². The van der Waals surface area contributed by atoms with Crippen LogP contribution in [0.1, 0.15) is 75.8 Å². The van der Waals surface area contributed by atoms with Gasteiger partial charge in [0.1, 0.15) is 35.0 Å². The van der Waals surface area contributed by atoms with Crippen LogP contribution in [0.25, 0.3) is 44.5 Å². The Bertz CT molecular complexity index is 2340. The lowest BCUT2D eigenvalue weighted by Crippen LogP contribution is -2.36. The molecule has 0 bridgehead atoms. The topological polar surface area (TPSA) is 147 Å². The van der Waals surface area contributed by atoms with Gasteiger partial charge < -0.3 is 23.9 Å². The van der Waals surface area contributed by atoms with Gasteiger partial charge in [-0.1, -0.05) is 36.4 Å². The SMILES string of the molecule is CC(C)(C)OC(=O)N1CCC[C@H]1c1ncc(-c2ccc3c(=O)c4cc(-c5cnc([C@@H]6CCCN6C(=O)OCc6ccccc6)[nH]5)ccc4oc3c2)[nH]1. The molecule has 0 radical (unpaired) electrons. The summed E-state index contributed by atoms with van der Waals surface area (Å²) in [5.74, 6) is 1.37. The van der Waals surface area contributed by atoms with Crippen LogP contribution >= 0.6 is 0 Å². The van der Waals surface area contributed by atoms with E-state index in [0.717, 1.165) is 53.8 Å². The number of likely N-dealkylation sites (tertiary alicyclic amines) is 2. The normalized spacial score (nSPS) is 17.7. The minimum atomic E-state index is -0.582. The van der Waals surface area contributed by atoms with Gasteiger partial charge in [0.25, 0.3) is 0 Å². The second-order valence-corrected chi connectivity index (χ2v) is 14.4. The van der Waals surface area contributed by atoms with Crippen LogP contribution in [0.2, 0.25) is 0 Å². The molecule has 6 aromatic rings. The molecule has 0 aliphatic carbocycles. The Balaban J connectivity index is 1.01. The van der Waals surface area contributed by atoms with Gasteiger partial charge in [0.15, 0.2) is 0 Å². The zero-order valence-electron chi connectivity index (χ0n) is 29.3. The molecule has 12 heteroatoms. The van der Waals surface area contributed by atoms with Gasteiger partial charge in [0.2, 0.25) is 5.43 Å². The molecule has 2 N–H and O–H groups in total. The third kappa shape index (κ3) is 6.52. The van der Waals surface area contributed by atoms with Crippen molar-refractivity contribution in [2.75, 3.05) is 13.1 Å². The van der Waals surface area contributed by atoms with E-state index in [9.17, 15) is 14.4 Å². The van der Waals surface area contributed by atoms with Crippen LogP contribution in [0, 0.1) is 0 Å². The van der Waals surface area contributed by atoms with Gasteiger partial charge in [0.05, 0.1) is 46.6 Å². The number of carbonyl (C=O) groups excluding carboxylic acids is 2. The average molecular weight is 701 g/mol. The van der Waals surface area contributed by atoms with Crippen LogP contribution in [0.5, 0.6) is 0 Å². The summed E-state index contributed by atoms with van der Waals surface area (Å²) < 4.78 is 17.5. The molecule has 2 atom stereocenters. The van der Waals surface area contributed by atoms with E-state index >= 15 is 0 Å². The molecule has 2 aliphatic rings. The molecular weight excluding hydrogens is 660 g/mol. The molecule has 266 valence electrons. The minimum absolute atomic E-state index is 0.142. The van der Waals surface area contributed by atoms with Crippen molar-refractivity contribution >= 4 is 34.1 Å². The Morgan fingerprint density at radius 3 is 2.06 bits per heavy atom. The number of hydrogen-bond donors (Lipinski definition) is 2. The lowest BCUT2D eigenvalue weighted by atomic mass is 10.1. The maximum Gasteiger partial charge on any atom is 0.410 e. The quantitative estimate of drug-likeness (QED) is 0.165. The molecule has 0 saturated carbocycles. The zero-order valence-corrected chi connectivity index (χ0v) is 29.3. The largest absolute Gasteiger partial charge is 0.456 e. The third-order valence-corrected chi connectivity index (χ3v) is 9.69. The Labute approximate surface area is 299 Å². The number of nitrogens with zero attached hydrogens (tertiary/aromatic N) is 4. The number of H-pyrrole nitrogens is 2. The number of nitrogens with one attached hydrogen (secondary N) is 2. The summed E-state index contributed by atoms with van der Waals surface area (Å²) in [4.78, 5) is 59.1. The highest BCUT2D eigenvalue weighted by atomic mass is 16.6. The fraction of sp³-hybridized carbons (Fsp3) is 0.325. The van der Waals surface area contributed by atoms with Crippen molar-refractivity contribution in [3.63, 3.8) is 0 Å². The molecule has 2 saturated heterocycles. The van der Waals surface area contributed by atoms with Crippen LogP contribution in [-0.2, 0) is 16.1 Å². The molecule has 2 amide bonds. The second kappa shape index (κ2) is 13.3. The summed E-state index contributed by atoms with van der Waals surface area (Å²) in [5.41, 5.74) is 4.21. The predicted molar refractivity (Wildman–Crippen MR) is 195 cm³/mol. The monoisotopic (exact) mass is 700 g/mol. The maximum absolute atomic E-state index is 13.8. The van der Waals surface area contributed by atoms with Crippen molar-refractivity contribution in [2.24, 2.45) is 0 Å². The van der Waals surface area contributed by atoms with Crippen molar-refractivity contribution in [3.05, 3.63) is 107 Å². The number of rotatable bonds is 6. The van der Waals surface area contributed by atoms with Gasteiger partial charge in [0, 0.05) is 24.2 Å². The molecule has 52 heavy (non-hydrogen) atoms. The van der Waals surface area contributed by atoms with E-state index < -0.39 is 5.60 Å². The van der Waals surface area contributed by atoms with E-state index in [4.69, 9.17) is 13.9 Å². The lowest BCUT2D eigenvalue weighted by molar-refractivity contribution is 0.0218. The van der Waals surface area contributed by atoms with Gasteiger partial charge in [-0.2, -0.15) is 0 Å². The Morgan fingerprint density at radius 1 is 0.788 bits per heavy atom. The summed E-state index contributed by atoms with van der Waals surface area (Å²) in [7, 11) is 0. The summed E-state index contributed by atoms with van der Waals surface area (Å²) >= 11 is 0.